The maximum absolute atomic E-state index is 13.5. The molecule has 11 heteroatoms. The van der Waals surface area contributed by atoms with Gasteiger partial charge >= 0.3 is 0 Å². The summed E-state index contributed by atoms with van der Waals surface area (Å²) in [7, 11) is 0. The van der Waals surface area contributed by atoms with E-state index >= 15 is 0 Å². The summed E-state index contributed by atoms with van der Waals surface area (Å²) in [5.41, 5.74) is -0.438. The average Bonchev–Trinajstić information content (AvgIpc) is 2.98. The largest absolute Gasteiger partial charge is 0.394 e. The van der Waals surface area contributed by atoms with Crippen LogP contribution < -0.4 is 10.6 Å². The summed E-state index contributed by atoms with van der Waals surface area (Å²) in [4.78, 5) is 25.7. The fourth-order valence-electron chi connectivity index (χ4n) is 4.53. The Labute approximate surface area is 193 Å². The second-order valence-electron chi connectivity index (χ2n) is 8.77. The molecule has 186 valence electrons. The summed E-state index contributed by atoms with van der Waals surface area (Å²) in [5, 5.41) is 25.2. The number of hydrogen-bond donors (Lipinski definition) is 4. The molecule has 1 aromatic carbocycles. The van der Waals surface area contributed by atoms with Gasteiger partial charge in [-0.15, -0.1) is 0 Å². The molecule has 4 N–H and O–H groups in total. The third kappa shape index (κ3) is 4.80. The first-order chi connectivity index (χ1) is 15.8. The highest BCUT2D eigenvalue weighted by Gasteiger charge is 2.57. The molecule has 0 aliphatic heterocycles. The molecule has 0 spiro atoms. The van der Waals surface area contributed by atoms with Crippen molar-refractivity contribution in [3.8, 4) is 0 Å². The molecule has 1 aliphatic carbocycles. The number of aliphatic hydroxyl groups is 2. The molecule has 0 saturated heterocycles. The molecule has 7 nitrogen and oxygen atoms in total. The number of rotatable bonds is 8. The Morgan fingerprint density at radius 1 is 1.21 bits per heavy atom. The Balaban J connectivity index is 1.91. The van der Waals surface area contributed by atoms with E-state index < -0.39 is 61.3 Å². The molecule has 2 amide bonds. The van der Waals surface area contributed by atoms with Crippen LogP contribution in [0.25, 0.3) is 0 Å². The lowest BCUT2D eigenvalue weighted by Gasteiger charge is -2.46. The molecular formula is C23H27F4N3O4. The zero-order valence-corrected chi connectivity index (χ0v) is 19.0. The lowest BCUT2D eigenvalue weighted by Crippen LogP contribution is -2.65. The van der Waals surface area contributed by atoms with Gasteiger partial charge in [-0.1, -0.05) is 0 Å². The van der Waals surface area contributed by atoms with Gasteiger partial charge in [-0.05, 0) is 50.1 Å². The Kier molecular flexibility index (Phi) is 7.09. The van der Waals surface area contributed by atoms with Crippen LogP contribution in [-0.4, -0.2) is 51.3 Å². The van der Waals surface area contributed by atoms with Crippen molar-refractivity contribution in [3.63, 3.8) is 0 Å². The number of aliphatic hydroxyl groups excluding tert-OH is 2. The summed E-state index contributed by atoms with van der Waals surface area (Å²) in [6, 6.07) is 4.00. The molecule has 3 rings (SSSR count). The third-order valence-electron chi connectivity index (χ3n) is 6.16. The molecule has 1 heterocycles. The van der Waals surface area contributed by atoms with Crippen molar-refractivity contribution in [1.29, 1.82) is 0 Å². The van der Waals surface area contributed by atoms with Gasteiger partial charge in [0.25, 0.3) is 17.7 Å². The Bertz CT molecular complexity index is 1110. The van der Waals surface area contributed by atoms with Crippen LogP contribution in [0.2, 0.25) is 0 Å². The van der Waals surface area contributed by atoms with Crippen molar-refractivity contribution < 1.29 is 37.4 Å². The smallest absolute Gasteiger partial charge is 0.257 e. The highest BCUT2D eigenvalue weighted by atomic mass is 19.3. The Morgan fingerprint density at radius 2 is 1.85 bits per heavy atom. The number of aryl methyl sites for hydroxylation is 1. The molecule has 1 fully saturated rings. The van der Waals surface area contributed by atoms with Crippen LogP contribution in [0.1, 0.15) is 51.8 Å². The quantitative estimate of drug-likeness (QED) is 0.432. The number of anilines is 1. The van der Waals surface area contributed by atoms with Crippen molar-refractivity contribution in [2.75, 3.05) is 18.6 Å². The van der Waals surface area contributed by atoms with Gasteiger partial charge in [-0.25, -0.2) is 17.6 Å². The highest BCUT2D eigenvalue weighted by Crippen LogP contribution is 2.45. The lowest BCUT2D eigenvalue weighted by molar-refractivity contribution is -0.160. The fourth-order valence-corrected chi connectivity index (χ4v) is 4.53. The van der Waals surface area contributed by atoms with Crippen molar-refractivity contribution >= 4 is 17.5 Å². The molecule has 1 aromatic heterocycles. The summed E-state index contributed by atoms with van der Waals surface area (Å²) < 4.78 is 54.8. The average molecular weight is 485 g/mol. The van der Waals surface area contributed by atoms with Crippen molar-refractivity contribution in [1.82, 2.24) is 9.88 Å². The monoisotopic (exact) mass is 485 g/mol. The van der Waals surface area contributed by atoms with Gasteiger partial charge in [0, 0.05) is 24.2 Å². The Morgan fingerprint density at radius 3 is 2.38 bits per heavy atom. The number of halogens is 4. The van der Waals surface area contributed by atoms with Crippen LogP contribution in [0.4, 0.5) is 23.2 Å². The number of amides is 2. The van der Waals surface area contributed by atoms with Crippen molar-refractivity contribution in [3.05, 3.63) is 52.1 Å². The van der Waals surface area contributed by atoms with Gasteiger partial charge in [0.05, 0.1) is 29.9 Å². The van der Waals surface area contributed by atoms with E-state index in [1.807, 2.05) is 0 Å². The minimum atomic E-state index is -3.04. The highest BCUT2D eigenvalue weighted by molar-refractivity contribution is 6.06. The zero-order valence-electron chi connectivity index (χ0n) is 19.0. The predicted molar refractivity (Wildman–Crippen MR) is 116 cm³/mol. The van der Waals surface area contributed by atoms with Gasteiger partial charge in [0.1, 0.15) is 12.5 Å². The normalized spacial score (nSPS) is 17.1. The number of nitrogens with zero attached hydrogens (tertiary/aromatic N) is 1. The summed E-state index contributed by atoms with van der Waals surface area (Å²) >= 11 is 0. The molecular weight excluding hydrogens is 458 g/mol. The summed E-state index contributed by atoms with van der Waals surface area (Å²) in [6.07, 6.45) is -3.45. The van der Waals surface area contributed by atoms with Crippen LogP contribution in [0, 0.1) is 26.6 Å². The van der Waals surface area contributed by atoms with Crippen LogP contribution in [0.3, 0.4) is 0 Å². The topological polar surface area (TPSA) is 104 Å². The molecule has 34 heavy (non-hydrogen) atoms. The number of benzene rings is 1. The number of alkyl halides is 3. The van der Waals surface area contributed by atoms with E-state index in [1.165, 1.54) is 43.5 Å². The third-order valence-corrected chi connectivity index (χ3v) is 6.16. The molecule has 1 atom stereocenters. The van der Waals surface area contributed by atoms with Crippen molar-refractivity contribution in [2.24, 2.45) is 0 Å². The van der Waals surface area contributed by atoms with Gasteiger partial charge in [-0.2, -0.15) is 0 Å². The molecule has 2 aromatic rings. The summed E-state index contributed by atoms with van der Waals surface area (Å²) in [5.74, 6) is -5.14. The van der Waals surface area contributed by atoms with E-state index in [0.29, 0.717) is 11.3 Å². The first-order valence-electron chi connectivity index (χ1n) is 10.7. The van der Waals surface area contributed by atoms with Crippen LogP contribution in [0.15, 0.2) is 18.2 Å². The maximum atomic E-state index is 13.5. The van der Waals surface area contributed by atoms with E-state index in [-0.39, 0.29) is 29.1 Å². The van der Waals surface area contributed by atoms with Crippen LogP contribution >= 0.6 is 0 Å². The molecule has 1 aliphatic rings. The lowest BCUT2D eigenvalue weighted by atomic mass is 9.73. The van der Waals surface area contributed by atoms with Gasteiger partial charge < -0.3 is 25.4 Å². The first-order valence-corrected chi connectivity index (χ1v) is 10.7. The van der Waals surface area contributed by atoms with E-state index in [1.54, 1.807) is 0 Å². The predicted octanol–water partition coefficient (Wildman–Crippen LogP) is 3.08. The summed E-state index contributed by atoms with van der Waals surface area (Å²) in [6.45, 7) is 2.65. The number of carbonyl (C=O) groups excluding carboxylic acids is 2. The van der Waals surface area contributed by atoms with Crippen LogP contribution in [-0.2, 0) is 11.3 Å². The fraction of sp³-hybridized carbons (Fsp3) is 0.478. The van der Waals surface area contributed by atoms with E-state index in [9.17, 15) is 37.4 Å². The number of carbonyl (C=O) groups is 2. The minimum Gasteiger partial charge on any atom is -0.394 e. The van der Waals surface area contributed by atoms with Gasteiger partial charge in [0.2, 0.25) is 0 Å². The standard InChI is InChI=1S/C23H27F4N3O4/c1-12-8-15(4-5-16(12)25)28-20(33)17-13(2)18(30(7-6-24)14(17)3)19(32)21(34)29-22(11-31)9-23(26,27)10-22/h4-5,8,19,31-32H,6-7,9-11H2,1-3H3,(H,28,33)(H,29,34). The van der Waals surface area contributed by atoms with Gasteiger partial charge in [-0.3, -0.25) is 9.59 Å². The second kappa shape index (κ2) is 9.38. The maximum Gasteiger partial charge on any atom is 0.257 e. The minimum absolute atomic E-state index is 0.0627. The van der Waals surface area contributed by atoms with Crippen LogP contribution in [0.5, 0.6) is 0 Å². The van der Waals surface area contributed by atoms with E-state index in [4.69, 9.17) is 0 Å². The van der Waals surface area contributed by atoms with E-state index in [0.717, 1.165) is 0 Å². The zero-order chi connectivity index (χ0) is 25.4. The SMILES string of the molecule is Cc1cc(NC(=O)c2c(C)c(C(O)C(=O)NC3(CO)CC(F)(F)C3)n(CCF)c2C)ccc1F. The number of nitrogens with one attached hydrogen (secondary N) is 2. The van der Waals surface area contributed by atoms with E-state index in [2.05, 4.69) is 10.6 Å². The molecule has 1 unspecified atom stereocenters. The van der Waals surface area contributed by atoms with Crippen molar-refractivity contribution in [2.45, 2.75) is 57.7 Å². The molecule has 0 bridgehead atoms. The second-order valence-corrected chi connectivity index (χ2v) is 8.77. The molecule has 1 saturated carbocycles. The molecule has 0 radical (unpaired) electrons. The number of aromatic nitrogens is 1. The van der Waals surface area contributed by atoms with Gasteiger partial charge in [0.15, 0.2) is 6.10 Å². The number of hydrogen-bond acceptors (Lipinski definition) is 4. The first kappa shape index (κ1) is 25.7. The Hall–Kier alpha value is -2.92.